The highest BCUT2D eigenvalue weighted by atomic mass is 16.6. The molecule has 0 aliphatic heterocycles. The Bertz CT molecular complexity index is 1350. The van der Waals surface area contributed by atoms with Gasteiger partial charge in [0.25, 0.3) is 17.7 Å². The van der Waals surface area contributed by atoms with Gasteiger partial charge in [-0.05, 0) is 98.3 Å². The van der Waals surface area contributed by atoms with Gasteiger partial charge in [0.05, 0.1) is 52.9 Å². The fraction of sp³-hybridized carbons (Fsp3) is 0.756. The van der Waals surface area contributed by atoms with E-state index in [1.807, 2.05) is 48.5 Å². The van der Waals surface area contributed by atoms with Crippen LogP contribution >= 0.6 is 0 Å². The first-order chi connectivity index (χ1) is 30.6. The van der Waals surface area contributed by atoms with Gasteiger partial charge in [-0.3, -0.25) is 14.4 Å². The third-order valence-electron chi connectivity index (χ3n) is 8.08. The molecule has 19 nitrogen and oxygen atoms in total. The van der Waals surface area contributed by atoms with Crippen molar-refractivity contribution >= 4 is 29.9 Å². The number of carbonyl (C=O) groups is 5. The Morgan fingerprint density at radius 2 is 0.609 bits per heavy atom. The second kappa shape index (κ2) is 36.1. The highest BCUT2D eigenvalue weighted by Gasteiger charge is 2.18. The quantitative estimate of drug-likeness (QED) is 0.0584. The average molecular weight is 914 g/mol. The summed E-state index contributed by atoms with van der Waals surface area (Å²) < 4.78 is 49.1. The van der Waals surface area contributed by atoms with Gasteiger partial charge < -0.3 is 69.2 Å². The maximum absolute atomic E-state index is 13.2. The summed E-state index contributed by atoms with van der Waals surface area (Å²) in [4.78, 5) is 62.7. The van der Waals surface area contributed by atoms with E-state index < -0.39 is 41.1 Å². The van der Waals surface area contributed by atoms with Crippen LogP contribution in [0.3, 0.4) is 0 Å². The molecule has 0 radical (unpaired) electrons. The number of ether oxygens (including phenoxy) is 9. The molecule has 0 aromatic heterocycles. The van der Waals surface area contributed by atoms with Crippen molar-refractivity contribution in [3.05, 3.63) is 34.9 Å². The molecule has 0 atom stereocenters. The number of benzene rings is 1. The van der Waals surface area contributed by atoms with Crippen LogP contribution in [0.15, 0.2) is 18.2 Å². The molecular weight excluding hydrogens is 835 g/mol. The van der Waals surface area contributed by atoms with E-state index in [4.69, 9.17) is 42.6 Å². The second-order valence-corrected chi connectivity index (χ2v) is 16.5. The van der Waals surface area contributed by atoms with Crippen LogP contribution in [0.5, 0.6) is 0 Å². The Hall–Kier alpha value is -4.11. The smallest absolute Gasteiger partial charge is 0.407 e. The second-order valence-electron chi connectivity index (χ2n) is 16.5. The topological polar surface area (TPSA) is 229 Å². The van der Waals surface area contributed by atoms with E-state index in [1.165, 1.54) is 18.2 Å². The summed E-state index contributed by atoms with van der Waals surface area (Å²) in [6.07, 6.45) is 3.03. The van der Waals surface area contributed by atoms with Crippen LogP contribution in [0.4, 0.5) is 9.59 Å². The predicted molar refractivity (Wildman–Crippen MR) is 241 cm³/mol. The third kappa shape index (κ3) is 34.3. The summed E-state index contributed by atoms with van der Waals surface area (Å²) in [7, 11) is 0. The van der Waals surface area contributed by atoms with Crippen molar-refractivity contribution in [2.75, 3.05) is 125 Å². The van der Waals surface area contributed by atoms with Crippen molar-refractivity contribution in [2.24, 2.45) is 0 Å². The molecule has 1 rings (SSSR count). The van der Waals surface area contributed by atoms with Gasteiger partial charge in [-0.1, -0.05) is 6.92 Å². The molecule has 0 fully saturated rings. The van der Waals surface area contributed by atoms with Crippen LogP contribution in [0.25, 0.3) is 0 Å². The standard InChI is InChI=1S/C45H79N5O14/c1-8-19-56-20-9-14-46-39(51)36-33-37(40(52)47-15-10-21-57-25-29-61-31-27-59-23-12-17-49-42(54)63-44(2,3)4)35-38(34-36)41(53)48-16-11-22-58-26-30-62-32-28-60-24-13-18-50-43(55)64-45(5,6)7/h33-35H,8-32H2,1-7H3,(H,46,51)(H,47,52)(H,48,53)(H,49,54)(H,50,55). The van der Waals surface area contributed by atoms with Gasteiger partial charge in [-0.15, -0.1) is 0 Å². The Balaban J connectivity index is 2.36. The van der Waals surface area contributed by atoms with Crippen molar-refractivity contribution in [3.8, 4) is 0 Å². The molecule has 0 heterocycles. The van der Waals surface area contributed by atoms with Crippen LogP contribution < -0.4 is 26.6 Å². The SMILES string of the molecule is CCCOCCCNC(=O)c1cc(C(=O)NCCCOCCOCCOCCCNC(=O)OC(C)(C)C)cc(C(=O)NCCCOCCOCCOCCCNC(=O)OC(C)(C)C)c1. The number of rotatable bonds is 37. The Morgan fingerprint density at radius 1 is 0.375 bits per heavy atom. The highest BCUT2D eigenvalue weighted by molar-refractivity contribution is 6.04. The number of nitrogens with one attached hydrogen (secondary N) is 5. The van der Waals surface area contributed by atoms with E-state index in [0.29, 0.717) is 157 Å². The number of hydrogen-bond acceptors (Lipinski definition) is 14. The van der Waals surface area contributed by atoms with Crippen molar-refractivity contribution in [1.82, 2.24) is 26.6 Å². The number of alkyl carbamates (subject to hydrolysis) is 2. The lowest BCUT2D eigenvalue weighted by Crippen LogP contribution is -2.33. The molecule has 1 aromatic carbocycles. The summed E-state index contributed by atoms with van der Waals surface area (Å²) in [6.45, 7) is 21.0. The zero-order valence-corrected chi connectivity index (χ0v) is 39.6. The molecule has 368 valence electrons. The molecule has 1 aromatic rings. The van der Waals surface area contributed by atoms with E-state index in [1.54, 1.807) is 0 Å². The van der Waals surface area contributed by atoms with Gasteiger partial charge in [-0.25, -0.2) is 9.59 Å². The minimum Gasteiger partial charge on any atom is -0.444 e. The van der Waals surface area contributed by atoms with E-state index in [9.17, 15) is 24.0 Å². The number of hydrogen-bond donors (Lipinski definition) is 5. The fourth-order valence-corrected chi connectivity index (χ4v) is 5.14. The van der Waals surface area contributed by atoms with E-state index >= 15 is 0 Å². The molecule has 0 aliphatic rings. The average Bonchev–Trinajstić information content (AvgIpc) is 3.23. The summed E-state index contributed by atoms with van der Waals surface area (Å²) in [6, 6.07) is 4.42. The summed E-state index contributed by atoms with van der Waals surface area (Å²) in [5, 5.41) is 13.9. The van der Waals surface area contributed by atoms with Gasteiger partial charge in [0, 0.05) is 89.1 Å². The van der Waals surface area contributed by atoms with E-state index in [2.05, 4.69) is 26.6 Å². The molecule has 5 N–H and O–H groups in total. The molecule has 0 saturated heterocycles. The minimum absolute atomic E-state index is 0.184. The van der Waals surface area contributed by atoms with E-state index in [0.717, 1.165) is 6.42 Å². The van der Waals surface area contributed by atoms with Gasteiger partial charge in [0.2, 0.25) is 0 Å². The number of amides is 5. The lowest BCUT2D eigenvalue weighted by atomic mass is 10.0. The van der Waals surface area contributed by atoms with Gasteiger partial charge in [0.1, 0.15) is 11.2 Å². The molecule has 19 heteroatoms. The first kappa shape index (κ1) is 57.9. The molecule has 0 bridgehead atoms. The van der Waals surface area contributed by atoms with Crippen LogP contribution in [0, 0.1) is 0 Å². The Morgan fingerprint density at radius 3 is 0.859 bits per heavy atom. The zero-order valence-electron chi connectivity index (χ0n) is 39.6. The Labute approximate surface area is 380 Å². The molecule has 0 aliphatic carbocycles. The Kier molecular flexibility index (Phi) is 32.7. The normalized spacial score (nSPS) is 11.5. The van der Waals surface area contributed by atoms with Crippen molar-refractivity contribution < 1.29 is 66.6 Å². The van der Waals surface area contributed by atoms with Crippen LogP contribution in [0.2, 0.25) is 0 Å². The fourth-order valence-electron chi connectivity index (χ4n) is 5.14. The zero-order chi connectivity index (χ0) is 47.3. The maximum atomic E-state index is 13.2. The minimum atomic E-state index is -0.533. The monoisotopic (exact) mass is 914 g/mol. The molecule has 64 heavy (non-hydrogen) atoms. The first-order valence-electron chi connectivity index (χ1n) is 22.6. The molecule has 5 amide bonds. The van der Waals surface area contributed by atoms with Gasteiger partial charge >= 0.3 is 12.2 Å². The molecule has 0 spiro atoms. The molecular formula is C45H79N5O14. The largest absolute Gasteiger partial charge is 0.444 e. The van der Waals surface area contributed by atoms with Crippen molar-refractivity contribution in [3.63, 3.8) is 0 Å². The maximum Gasteiger partial charge on any atom is 0.407 e. The lowest BCUT2D eigenvalue weighted by molar-refractivity contribution is 0.0135. The lowest BCUT2D eigenvalue weighted by Gasteiger charge is -2.19. The molecule has 0 unspecified atom stereocenters. The van der Waals surface area contributed by atoms with Gasteiger partial charge in [-0.2, -0.15) is 0 Å². The summed E-state index contributed by atoms with van der Waals surface area (Å²) in [5.74, 6) is -1.24. The van der Waals surface area contributed by atoms with Crippen LogP contribution in [0.1, 0.15) is 118 Å². The van der Waals surface area contributed by atoms with Crippen LogP contribution in [-0.2, 0) is 42.6 Å². The first-order valence-corrected chi connectivity index (χ1v) is 22.6. The van der Waals surface area contributed by atoms with Gasteiger partial charge in [0.15, 0.2) is 0 Å². The third-order valence-corrected chi connectivity index (χ3v) is 8.08. The van der Waals surface area contributed by atoms with Crippen molar-refractivity contribution in [1.29, 1.82) is 0 Å². The summed E-state index contributed by atoms with van der Waals surface area (Å²) >= 11 is 0. The molecule has 0 saturated carbocycles. The van der Waals surface area contributed by atoms with Crippen LogP contribution in [-0.4, -0.2) is 166 Å². The predicted octanol–water partition coefficient (Wildman–Crippen LogP) is 4.40. The highest BCUT2D eigenvalue weighted by Crippen LogP contribution is 2.12. The van der Waals surface area contributed by atoms with E-state index in [-0.39, 0.29) is 16.7 Å². The van der Waals surface area contributed by atoms with Crippen molar-refractivity contribution in [2.45, 2.75) is 98.2 Å². The number of carbonyl (C=O) groups excluding carboxylic acids is 5. The summed E-state index contributed by atoms with van der Waals surface area (Å²) in [5.41, 5.74) is -0.504.